The highest BCUT2D eigenvalue weighted by molar-refractivity contribution is 7.89. The number of fused-ring (bicyclic) bond motifs is 1. The minimum atomic E-state index is -3.65. The van der Waals surface area contributed by atoms with Gasteiger partial charge in [0.25, 0.3) is 0 Å². The lowest BCUT2D eigenvalue weighted by Crippen LogP contribution is -2.44. The Morgan fingerprint density at radius 3 is 2.49 bits per heavy atom. The van der Waals surface area contributed by atoms with Crippen molar-refractivity contribution in [3.05, 3.63) is 76.9 Å². The number of pyridine rings is 1. The van der Waals surface area contributed by atoms with E-state index >= 15 is 0 Å². The molecule has 0 saturated carbocycles. The molecule has 4 heterocycles. The topological polar surface area (TPSA) is 84.7 Å². The number of ether oxygens (including phenoxy) is 1. The van der Waals surface area contributed by atoms with E-state index in [1.165, 1.54) is 17.0 Å². The zero-order valence-electron chi connectivity index (χ0n) is 24.5. The van der Waals surface area contributed by atoms with E-state index in [1.54, 1.807) is 23.5 Å². The summed E-state index contributed by atoms with van der Waals surface area (Å²) in [5, 5.41) is 0. The summed E-state index contributed by atoms with van der Waals surface area (Å²) in [6.07, 6.45) is 10.1. The zero-order valence-corrected chi connectivity index (χ0v) is 25.3. The number of methoxy groups -OCH3 is 1. The van der Waals surface area contributed by atoms with E-state index in [4.69, 9.17) is 4.74 Å². The van der Waals surface area contributed by atoms with E-state index in [9.17, 15) is 13.2 Å². The van der Waals surface area contributed by atoms with Crippen LogP contribution in [0.4, 0.5) is 0 Å². The van der Waals surface area contributed by atoms with Crippen LogP contribution in [0.5, 0.6) is 5.75 Å². The normalized spacial score (nSPS) is 17.8. The second-order valence-electron chi connectivity index (χ2n) is 11.4. The van der Waals surface area contributed by atoms with Gasteiger partial charge in [0.1, 0.15) is 5.75 Å². The van der Waals surface area contributed by atoms with Gasteiger partial charge < -0.3 is 14.2 Å². The highest BCUT2D eigenvalue weighted by atomic mass is 32.2. The Morgan fingerprint density at radius 1 is 1.00 bits per heavy atom. The predicted molar refractivity (Wildman–Crippen MR) is 159 cm³/mol. The standard InChI is InChI=1S/C32H42N4O4S/c1-24-21-30(40-3)22-25(2)32(24)41(38,39)36-18-5-4-7-28(36)8-6-9-31(37)34-19-20-35-27(12-13-29(35)23-34)11-10-26-14-16-33-17-15-26/h12-17,21-22,28H,4-11,18-20,23H2,1-3H3. The number of carbonyl (C=O) groups is 1. The number of rotatable bonds is 10. The van der Waals surface area contributed by atoms with Gasteiger partial charge in [-0.3, -0.25) is 9.78 Å². The van der Waals surface area contributed by atoms with Crippen LogP contribution in [0.2, 0.25) is 0 Å². The Morgan fingerprint density at radius 2 is 1.76 bits per heavy atom. The van der Waals surface area contributed by atoms with Crippen LogP contribution in [0.3, 0.4) is 0 Å². The molecule has 1 amide bonds. The van der Waals surface area contributed by atoms with Crippen molar-refractivity contribution in [1.82, 2.24) is 18.8 Å². The van der Waals surface area contributed by atoms with Gasteiger partial charge in [-0.25, -0.2) is 8.42 Å². The van der Waals surface area contributed by atoms with Gasteiger partial charge >= 0.3 is 0 Å². The Balaban J connectivity index is 1.16. The molecule has 2 aliphatic rings. The van der Waals surface area contributed by atoms with E-state index in [0.29, 0.717) is 60.7 Å². The minimum Gasteiger partial charge on any atom is -0.497 e. The summed E-state index contributed by atoms with van der Waals surface area (Å²) in [7, 11) is -2.05. The molecular weight excluding hydrogens is 536 g/mol. The van der Waals surface area contributed by atoms with E-state index in [0.717, 1.165) is 38.6 Å². The third-order valence-electron chi connectivity index (χ3n) is 8.62. The summed E-state index contributed by atoms with van der Waals surface area (Å²) in [4.78, 5) is 19.6. The molecule has 41 heavy (non-hydrogen) atoms. The molecule has 1 aromatic carbocycles. The van der Waals surface area contributed by atoms with Gasteiger partial charge in [0.05, 0.1) is 18.6 Å². The first-order chi connectivity index (χ1) is 19.8. The Hall–Kier alpha value is -3.17. The van der Waals surface area contributed by atoms with E-state index in [-0.39, 0.29) is 11.9 Å². The smallest absolute Gasteiger partial charge is 0.243 e. The molecule has 0 spiro atoms. The number of sulfonamides is 1. The summed E-state index contributed by atoms with van der Waals surface area (Å²) >= 11 is 0. The molecule has 0 aliphatic carbocycles. The average molecular weight is 579 g/mol. The lowest BCUT2D eigenvalue weighted by molar-refractivity contribution is -0.132. The van der Waals surface area contributed by atoms with Crippen molar-refractivity contribution >= 4 is 15.9 Å². The Bertz CT molecular complexity index is 1450. The van der Waals surface area contributed by atoms with Gasteiger partial charge in [0, 0.05) is 55.9 Å². The van der Waals surface area contributed by atoms with Gasteiger partial charge in [-0.1, -0.05) is 6.42 Å². The number of nitrogens with zero attached hydrogens (tertiary/aromatic N) is 4. The van der Waals surface area contributed by atoms with Crippen molar-refractivity contribution in [2.75, 3.05) is 20.2 Å². The average Bonchev–Trinajstić information content (AvgIpc) is 3.38. The van der Waals surface area contributed by atoms with E-state index in [1.807, 2.05) is 31.1 Å². The maximum absolute atomic E-state index is 13.8. The third kappa shape index (κ3) is 6.51. The fourth-order valence-corrected chi connectivity index (χ4v) is 8.65. The zero-order chi connectivity index (χ0) is 29.0. The van der Waals surface area contributed by atoms with Crippen LogP contribution < -0.4 is 4.74 Å². The molecule has 9 heteroatoms. The number of piperidine rings is 1. The molecule has 1 saturated heterocycles. The summed E-state index contributed by atoms with van der Waals surface area (Å²) in [5.41, 5.74) is 5.18. The SMILES string of the molecule is COc1cc(C)c(S(=O)(=O)N2CCCCC2CCCC(=O)N2CCn3c(CCc4ccncc4)ccc3C2)c(C)c1. The molecular formula is C32H42N4O4S. The molecule has 2 aromatic heterocycles. The summed E-state index contributed by atoms with van der Waals surface area (Å²) < 4.78 is 37.1. The molecule has 3 aromatic rings. The molecule has 1 atom stereocenters. The first-order valence-corrected chi connectivity index (χ1v) is 16.2. The molecule has 0 N–H and O–H groups in total. The lowest BCUT2D eigenvalue weighted by Gasteiger charge is -2.36. The highest BCUT2D eigenvalue weighted by Gasteiger charge is 2.35. The summed E-state index contributed by atoms with van der Waals surface area (Å²) in [6, 6.07) is 12.0. The summed E-state index contributed by atoms with van der Waals surface area (Å²) in [5.74, 6) is 0.821. The van der Waals surface area contributed by atoms with Gasteiger partial charge in [0.2, 0.25) is 15.9 Å². The van der Waals surface area contributed by atoms with Gasteiger partial charge in [-0.05, 0) is 105 Å². The van der Waals surface area contributed by atoms with E-state index in [2.05, 4.69) is 33.8 Å². The van der Waals surface area contributed by atoms with Gasteiger partial charge in [-0.15, -0.1) is 0 Å². The number of amides is 1. The van der Waals surface area contributed by atoms with Crippen molar-refractivity contribution in [3.8, 4) is 5.75 Å². The van der Waals surface area contributed by atoms with Gasteiger partial charge in [0.15, 0.2) is 0 Å². The van der Waals surface area contributed by atoms with Crippen LogP contribution in [0.25, 0.3) is 0 Å². The van der Waals surface area contributed by atoms with Crippen LogP contribution in [0.1, 0.15) is 66.6 Å². The van der Waals surface area contributed by atoms with Crippen molar-refractivity contribution < 1.29 is 17.9 Å². The molecule has 2 aliphatic heterocycles. The van der Waals surface area contributed by atoms with Crippen LogP contribution in [-0.2, 0) is 40.7 Å². The number of aryl methyl sites for hydroxylation is 4. The molecule has 0 bridgehead atoms. The second-order valence-corrected chi connectivity index (χ2v) is 13.2. The fraction of sp³-hybridized carbons (Fsp3) is 0.500. The molecule has 0 radical (unpaired) electrons. The van der Waals surface area contributed by atoms with Crippen LogP contribution >= 0.6 is 0 Å². The van der Waals surface area contributed by atoms with Crippen molar-refractivity contribution in [2.45, 2.75) is 89.2 Å². The molecule has 5 rings (SSSR count). The maximum Gasteiger partial charge on any atom is 0.243 e. The van der Waals surface area contributed by atoms with Crippen LogP contribution in [0, 0.1) is 13.8 Å². The molecule has 220 valence electrons. The lowest BCUT2D eigenvalue weighted by atomic mass is 9.99. The first kappa shape index (κ1) is 29.3. The number of hydrogen-bond acceptors (Lipinski definition) is 5. The maximum atomic E-state index is 13.8. The Kier molecular flexibility index (Phi) is 9.14. The monoisotopic (exact) mass is 578 g/mol. The molecule has 1 unspecified atom stereocenters. The van der Waals surface area contributed by atoms with Crippen molar-refractivity contribution in [1.29, 1.82) is 0 Å². The minimum absolute atomic E-state index is 0.0796. The predicted octanol–water partition coefficient (Wildman–Crippen LogP) is 5.05. The second kappa shape index (κ2) is 12.8. The van der Waals surface area contributed by atoms with Crippen molar-refractivity contribution in [3.63, 3.8) is 0 Å². The van der Waals surface area contributed by atoms with E-state index < -0.39 is 10.0 Å². The van der Waals surface area contributed by atoms with Crippen LogP contribution in [-0.4, -0.2) is 59.3 Å². The number of hydrogen-bond donors (Lipinski definition) is 0. The fourth-order valence-electron chi connectivity index (χ4n) is 6.51. The van der Waals surface area contributed by atoms with Crippen molar-refractivity contribution in [2.24, 2.45) is 0 Å². The largest absolute Gasteiger partial charge is 0.497 e. The number of aromatic nitrogens is 2. The highest BCUT2D eigenvalue weighted by Crippen LogP contribution is 2.33. The summed E-state index contributed by atoms with van der Waals surface area (Å²) in [6.45, 7) is 6.35. The third-order valence-corrected chi connectivity index (χ3v) is 10.9. The molecule has 1 fully saturated rings. The quantitative estimate of drug-likeness (QED) is 0.336. The first-order valence-electron chi connectivity index (χ1n) is 14.8. The Labute approximate surface area is 244 Å². The molecule has 8 nitrogen and oxygen atoms in total. The van der Waals surface area contributed by atoms with Gasteiger partial charge in [-0.2, -0.15) is 4.31 Å². The number of carbonyl (C=O) groups excluding carboxylic acids is 1. The van der Waals surface area contributed by atoms with Crippen LogP contribution in [0.15, 0.2) is 53.7 Å². The number of benzene rings is 1.